The van der Waals surface area contributed by atoms with Crippen LogP contribution in [0.15, 0.2) is 18.2 Å². The number of hydrogen-bond donors (Lipinski definition) is 2. The van der Waals surface area contributed by atoms with Gasteiger partial charge in [-0.05, 0) is 31.0 Å². The number of ether oxygens (including phenoxy) is 1. The van der Waals surface area contributed by atoms with Crippen molar-refractivity contribution in [3.05, 3.63) is 33.9 Å². The van der Waals surface area contributed by atoms with E-state index in [0.29, 0.717) is 13.0 Å². The predicted molar refractivity (Wildman–Crippen MR) is 64.9 cm³/mol. The Morgan fingerprint density at radius 2 is 2.24 bits per heavy atom. The van der Waals surface area contributed by atoms with Gasteiger partial charge in [-0.2, -0.15) is 0 Å². The monoisotopic (exact) mass is 239 g/mol. The number of nitro benzene ring substituents is 1. The van der Waals surface area contributed by atoms with Crippen LogP contribution >= 0.6 is 0 Å². The summed E-state index contributed by atoms with van der Waals surface area (Å²) in [6.45, 7) is 0.561. The van der Waals surface area contributed by atoms with Gasteiger partial charge >= 0.3 is 5.69 Å². The van der Waals surface area contributed by atoms with E-state index < -0.39 is 4.92 Å². The van der Waals surface area contributed by atoms with Gasteiger partial charge in [0.1, 0.15) is 0 Å². The Balaban J connectivity index is 2.95. The molecule has 4 N–H and O–H groups in total. The van der Waals surface area contributed by atoms with Gasteiger partial charge in [0.05, 0.1) is 12.0 Å². The zero-order valence-electron chi connectivity index (χ0n) is 9.76. The second-order valence-electron chi connectivity index (χ2n) is 3.73. The minimum atomic E-state index is -0.474. The maximum Gasteiger partial charge on any atom is 0.311 e. The molecule has 0 aromatic heterocycles. The maximum atomic E-state index is 10.8. The first-order chi connectivity index (χ1) is 8.10. The highest BCUT2D eigenvalue weighted by molar-refractivity contribution is 5.49. The topological polar surface area (TPSA) is 104 Å². The SMILES string of the molecule is COc1ccc([C@@H](N)CCCN)cc1[N+](=O)[O-]. The quantitative estimate of drug-likeness (QED) is 0.575. The summed E-state index contributed by atoms with van der Waals surface area (Å²) in [7, 11) is 1.40. The smallest absolute Gasteiger partial charge is 0.311 e. The third-order valence-corrected chi connectivity index (χ3v) is 2.55. The van der Waals surface area contributed by atoms with E-state index in [1.54, 1.807) is 12.1 Å². The van der Waals surface area contributed by atoms with Crippen LogP contribution in [0.5, 0.6) is 5.75 Å². The Bertz CT molecular complexity index is 396. The normalized spacial score (nSPS) is 12.2. The fourth-order valence-electron chi connectivity index (χ4n) is 1.58. The van der Waals surface area contributed by atoms with E-state index in [-0.39, 0.29) is 17.5 Å². The van der Waals surface area contributed by atoms with Crippen molar-refractivity contribution < 1.29 is 9.66 Å². The van der Waals surface area contributed by atoms with Crippen LogP contribution in [0.25, 0.3) is 0 Å². The van der Waals surface area contributed by atoms with E-state index in [9.17, 15) is 10.1 Å². The summed E-state index contributed by atoms with van der Waals surface area (Å²) in [6.07, 6.45) is 1.50. The van der Waals surface area contributed by atoms with E-state index in [4.69, 9.17) is 16.2 Å². The minimum Gasteiger partial charge on any atom is -0.490 e. The number of benzene rings is 1. The Morgan fingerprint density at radius 3 is 2.76 bits per heavy atom. The first kappa shape index (κ1) is 13.4. The molecule has 17 heavy (non-hydrogen) atoms. The van der Waals surface area contributed by atoms with E-state index in [0.717, 1.165) is 12.0 Å². The van der Waals surface area contributed by atoms with Gasteiger partial charge in [0, 0.05) is 12.1 Å². The lowest BCUT2D eigenvalue weighted by Crippen LogP contribution is -2.12. The van der Waals surface area contributed by atoms with Crippen molar-refractivity contribution in [3.63, 3.8) is 0 Å². The molecular formula is C11H17N3O3. The highest BCUT2D eigenvalue weighted by Crippen LogP contribution is 2.30. The second kappa shape index (κ2) is 6.17. The van der Waals surface area contributed by atoms with Crippen molar-refractivity contribution in [3.8, 4) is 5.75 Å². The van der Waals surface area contributed by atoms with E-state index in [2.05, 4.69) is 0 Å². The molecule has 0 unspecified atom stereocenters. The van der Waals surface area contributed by atoms with Crippen molar-refractivity contribution in [1.29, 1.82) is 0 Å². The number of nitrogens with zero attached hydrogens (tertiary/aromatic N) is 1. The summed E-state index contributed by atoms with van der Waals surface area (Å²) in [5, 5.41) is 10.8. The van der Waals surface area contributed by atoms with Crippen LogP contribution < -0.4 is 16.2 Å². The molecular weight excluding hydrogens is 222 g/mol. The summed E-state index contributed by atoms with van der Waals surface area (Å²) in [4.78, 5) is 10.4. The molecule has 0 bridgehead atoms. The Hall–Kier alpha value is -1.66. The lowest BCUT2D eigenvalue weighted by atomic mass is 10.0. The second-order valence-corrected chi connectivity index (χ2v) is 3.73. The van der Waals surface area contributed by atoms with Crippen molar-refractivity contribution in [1.82, 2.24) is 0 Å². The molecule has 1 aromatic carbocycles. The fourth-order valence-corrected chi connectivity index (χ4v) is 1.58. The largest absolute Gasteiger partial charge is 0.490 e. The van der Waals surface area contributed by atoms with Gasteiger partial charge in [0.25, 0.3) is 0 Å². The number of nitro groups is 1. The van der Waals surface area contributed by atoms with Crippen LogP contribution in [0, 0.1) is 10.1 Å². The van der Waals surface area contributed by atoms with Crippen molar-refractivity contribution in [2.45, 2.75) is 18.9 Å². The summed E-state index contributed by atoms with van der Waals surface area (Å²) < 4.78 is 4.92. The molecule has 0 aliphatic rings. The number of methoxy groups -OCH3 is 1. The maximum absolute atomic E-state index is 10.8. The molecule has 6 heteroatoms. The summed E-state index contributed by atoms with van der Waals surface area (Å²) in [5.41, 5.74) is 12.0. The summed E-state index contributed by atoms with van der Waals surface area (Å²) in [5.74, 6) is 0.241. The summed E-state index contributed by atoms with van der Waals surface area (Å²) >= 11 is 0. The zero-order valence-corrected chi connectivity index (χ0v) is 9.76. The standard InChI is InChI=1S/C11H17N3O3/c1-17-11-5-4-8(7-10(11)14(15)16)9(13)3-2-6-12/h4-5,7,9H,2-3,6,12-13H2,1H3/t9-/m0/s1. The molecule has 0 heterocycles. The lowest BCUT2D eigenvalue weighted by molar-refractivity contribution is -0.385. The average molecular weight is 239 g/mol. The van der Waals surface area contributed by atoms with Crippen molar-refractivity contribution >= 4 is 5.69 Å². The molecule has 94 valence electrons. The lowest BCUT2D eigenvalue weighted by Gasteiger charge is -2.12. The first-order valence-corrected chi connectivity index (χ1v) is 5.38. The Kier molecular flexibility index (Phi) is 4.86. The number of nitrogens with two attached hydrogens (primary N) is 2. The van der Waals surface area contributed by atoms with E-state index >= 15 is 0 Å². The van der Waals surface area contributed by atoms with Crippen molar-refractivity contribution in [2.75, 3.05) is 13.7 Å². The average Bonchev–Trinajstić information content (AvgIpc) is 2.34. The molecule has 0 saturated heterocycles. The van der Waals surface area contributed by atoms with Crippen molar-refractivity contribution in [2.24, 2.45) is 11.5 Å². The zero-order chi connectivity index (χ0) is 12.8. The minimum absolute atomic E-state index is 0.0619. The van der Waals surface area contributed by atoms with E-state index in [1.807, 2.05) is 0 Å². The van der Waals surface area contributed by atoms with Crippen LogP contribution in [0.1, 0.15) is 24.4 Å². The van der Waals surface area contributed by atoms with Gasteiger partial charge in [-0.1, -0.05) is 6.07 Å². The number of rotatable bonds is 6. The molecule has 1 aromatic rings. The van der Waals surface area contributed by atoms with Crippen LogP contribution in [-0.2, 0) is 0 Å². The van der Waals surface area contributed by atoms with Gasteiger partial charge in [-0.15, -0.1) is 0 Å². The van der Waals surface area contributed by atoms with Gasteiger partial charge in [0.15, 0.2) is 5.75 Å². The molecule has 0 saturated carbocycles. The summed E-state index contributed by atoms with van der Waals surface area (Å²) in [6, 6.07) is 4.53. The molecule has 0 aliphatic heterocycles. The van der Waals surface area contributed by atoms with Gasteiger partial charge in [-0.25, -0.2) is 0 Å². The highest BCUT2D eigenvalue weighted by Gasteiger charge is 2.17. The third-order valence-electron chi connectivity index (χ3n) is 2.55. The molecule has 0 amide bonds. The van der Waals surface area contributed by atoms with Gasteiger partial charge in [0.2, 0.25) is 0 Å². The van der Waals surface area contributed by atoms with Gasteiger partial charge < -0.3 is 16.2 Å². The molecule has 1 rings (SSSR count). The fraction of sp³-hybridized carbons (Fsp3) is 0.455. The van der Waals surface area contributed by atoms with E-state index in [1.165, 1.54) is 13.2 Å². The number of hydrogen-bond acceptors (Lipinski definition) is 5. The van der Waals surface area contributed by atoms with Crippen LogP contribution in [0.4, 0.5) is 5.69 Å². The molecule has 0 aliphatic carbocycles. The van der Waals surface area contributed by atoms with Crippen LogP contribution in [-0.4, -0.2) is 18.6 Å². The highest BCUT2D eigenvalue weighted by atomic mass is 16.6. The molecule has 0 radical (unpaired) electrons. The third kappa shape index (κ3) is 3.40. The Morgan fingerprint density at radius 1 is 1.53 bits per heavy atom. The van der Waals surface area contributed by atoms with Crippen LogP contribution in [0.2, 0.25) is 0 Å². The molecule has 1 atom stereocenters. The molecule has 0 spiro atoms. The molecule has 6 nitrogen and oxygen atoms in total. The predicted octanol–water partition coefficient (Wildman–Crippen LogP) is 1.34. The Labute approximate surface area is 99.7 Å². The van der Waals surface area contributed by atoms with Crippen LogP contribution in [0.3, 0.4) is 0 Å². The van der Waals surface area contributed by atoms with Gasteiger partial charge in [-0.3, -0.25) is 10.1 Å². The first-order valence-electron chi connectivity index (χ1n) is 5.38. The molecule has 0 fully saturated rings.